The van der Waals surface area contributed by atoms with Crippen molar-refractivity contribution in [3.8, 4) is 22.5 Å². The molecule has 0 atom stereocenters. The van der Waals surface area contributed by atoms with E-state index in [2.05, 4.69) is 41.4 Å². The highest BCUT2D eigenvalue weighted by Crippen LogP contribution is 2.31. The Labute approximate surface area is 151 Å². The molecule has 5 aromatic rings. The number of aromatic nitrogens is 2. The van der Waals surface area contributed by atoms with Gasteiger partial charge >= 0.3 is 0 Å². The molecular formula is C23H16N2O. The first-order valence-electron chi connectivity index (χ1n) is 8.61. The lowest BCUT2D eigenvalue weighted by Crippen LogP contribution is -1.92. The van der Waals surface area contributed by atoms with Crippen molar-refractivity contribution in [2.24, 2.45) is 0 Å². The Morgan fingerprint density at radius 3 is 2.12 bits per heavy atom. The molecule has 0 bridgehead atoms. The third-order valence-electron chi connectivity index (χ3n) is 4.67. The average molecular weight is 336 g/mol. The lowest BCUT2D eigenvalue weighted by atomic mass is 10.0. The molecule has 0 fully saturated rings. The number of benzene rings is 3. The molecule has 26 heavy (non-hydrogen) atoms. The monoisotopic (exact) mass is 336 g/mol. The molecule has 0 unspecified atom stereocenters. The SMILES string of the molecule is Cc1nc(-c2ccc(-c3ccccc3)cc2)nc2oc3ccccc3c12. The fraction of sp³-hybridized carbons (Fsp3) is 0.0435. The van der Waals surface area contributed by atoms with Crippen molar-refractivity contribution in [1.29, 1.82) is 0 Å². The molecule has 0 aliphatic rings. The normalized spacial score (nSPS) is 11.3. The van der Waals surface area contributed by atoms with Gasteiger partial charge in [0.15, 0.2) is 5.82 Å². The lowest BCUT2D eigenvalue weighted by molar-refractivity contribution is 0.653. The van der Waals surface area contributed by atoms with Gasteiger partial charge in [0.1, 0.15) is 5.58 Å². The third-order valence-corrected chi connectivity index (χ3v) is 4.67. The summed E-state index contributed by atoms with van der Waals surface area (Å²) in [6.07, 6.45) is 0. The van der Waals surface area contributed by atoms with Gasteiger partial charge in [0.25, 0.3) is 0 Å². The smallest absolute Gasteiger partial charge is 0.231 e. The van der Waals surface area contributed by atoms with E-state index in [-0.39, 0.29) is 0 Å². The summed E-state index contributed by atoms with van der Waals surface area (Å²) in [5, 5.41) is 2.05. The molecule has 0 saturated carbocycles. The van der Waals surface area contributed by atoms with Crippen molar-refractivity contribution in [2.45, 2.75) is 6.92 Å². The molecule has 0 aliphatic heterocycles. The number of aryl methyl sites for hydroxylation is 1. The van der Waals surface area contributed by atoms with E-state index < -0.39 is 0 Å². The zero-order valence-corrected chi connectivity index (χ0v) is 14.3. The minimum Gasteiger partial charge on any atom is -0.438 e. The maximum absolute atomic E-state index is 5.94. The molecule has 3 aromatic carbocycles. The molecule has 2 aromatic heterocycles. The molecule has 3 nitrogen and oxygen atoms in total. The van der Waals surface area contributed by atoms with Crippen LogP contribution in [0.3, 0.4) is 0 Å². The Kier molecular flexibility index (Phi) is 3.32. The molecule has 0 saturated heterocycles. The Morgan fingerprint density at radius 1 is 0.654 bits per heavy atom. The molecule has 0 amide bonds. The van der Waals surface area contributed by atoms with E-state index in [4.69, 9.17) is 9.40 Å². The first-order chi connectivity index (χ1) is 12.8. The Hall–Kier alpha value is -3.46. The number of nitrogens with zero attached hydrogens (tertiary/aromatic N) is 2. The molecule has 0 spiro atoms. The number of hydrogen-bond acceptors (Lipinski definition) is 3. The van der Waals surface area contributed by atoms with E-state index in [0.717, 1.165) is 27.6 Å². The van der Waals surface area contributed by atoms with Crippen LogP contribution in [-0.4, -0.2) is 9.97 Å². The van der Waals surface area contributed by atoms with Crippen molar-refractivity contribution < 1.29 is 4.42 Å². The molecule has 3 heteroatoms. The third kappa shape index (κ3) is 2.37. The van der Waals surface area contributed by atoms with Crippen LogP contribution >= 0.6 is 0 Å². The van der Waals surface area contributed by atoms with Gasteiger partial charge in [0, 0.05) is 10.9 Å². The highest BCUT2D eigenvalue weighted by molar-refractivity contribution is 6.05. The van der Waals surface area contributed by atoms with Crippen molar-refractivity contribution >= 4 is 22.1 Å². The van der Waals surface area contributed by atoms with Crippen molar-refractivity contribution in [3.05, 3.63) is 84.6 Å². The number of rotatable bonds is 2. The van der Waals surface area contributed by atoms with Crippen LogP contribution in [0.25, 0.3) is 44.6 Å². The summed E-state index contributed by atoms with van der Waals surface area (Å²) in [6.45, 7) is 2.01. The van der Waals surface area contributed by atoms with E-state index in [1.54, 1.807) is 0 Å². The maximum atomic E-state index is 5.94. The first kappa shape index (κ1) is 14.8. The highest BCUT2D eigenvalue weighted by atomic mass is 16.3. The van der Waals surface area contributed by atoms with Crippen LogP contribution in [0.5, 0.6) is 0 Å². The molecule has 0 radical (unpaired) electrons. The van der Waals surface area contributed by atoms with Gasteiger partial charge in [0.05, 0.1) is 11.1 Å². The van der Waals surface area contributed by atoms with Gasteiger partial charge in [0.2, 0.25) is 5.71 Å². The fourth-order valence-electron chi connectivity index (χ4n) is 3.37. The van der Waals surface area contributed by atoms with Gasteiger partial charge in [-0.3, -0.25) is 0 Å². The van der Waals surface area contributed by atoms with E-state index in [0.29, 0.717) is 11.5 Å². The number of fused-ring (bicyclic) bond motifs is 3. The highest BCUT2D eigenvalue weighted by Gasteiger charge is 2.14. The quantitative estimate of drug-likeness (QED) is 0.396. The predicted octanol–water partition coefficient (Wildman–Crippen LogP) is 6.02. The van der Waals surface area contributed by atoms with Gasteiger partial charge in [-0.15, -0.1) is 0 Å². The number of hydrogen-bond donors (Lipinski definition) is 0. The van der Waals surface area contributed by atoms with Crippen molar-refractivity contribution in [3.63, 3.8) is 0 Å². The lowest BCUT2D eigenvalue weighted by Gasteiger charge is -2.05. The van der Waals surface area contributed by atoms with Crippen LogP contribution in [0.15, 0.2) is 83.3 Å². The zero-order chi connectivity index (χ0) is 17.5. The van der Waals surface area contributed by atoms with Gasteiger partial charge in [-0.2, -0.15) is 4.98 Å². The standard InChI is InChI=1S/C23H16N2O/c1-15-21-19-9-5-6-10-20(19)26-23(21)25-22(24-15)18-13-11-17(12-14-18)16-7-3-2-4-8-16/h2-14H,1H3. The van der Waals surface area contributed by atoms with Crippen molar-refractivity contribution in [2.75, 3.05) is 0 Å². The minimum atomic E-state index is 0.640. The summed E-state index contributed by atoms with van der Waals surface area (Å²) < 4.78 is 5.94. The molecule has 5 rings (SSSR count). The summed E-state index contributed by atoms with van der Waals surface area (Å²) in [5.41, 5.74) is 5.77. The van der Waals surface area contributed by atoms with Crippen LogP contribution < -0.4 is 0 Å². The Balaban J connectivity index is 1.62. The van der Waals surface area contributed by atoms with E-state index in [1.807, 2.05) is 49.4 Å². The molecular weight excluding hydrogens is 320 g/mol. The Bertz CT molecular complexity index is 1220. The van der Waals surface area contributed by atoms with Gasteiger partial charge < -0.3 is 4.42 Å². The van der Waals surface area contributed by atoms with Crippen LogP contribution in [0, 0.1) is 6.92 Å². The minimum absolute atomic E-state index is 0.640. The largest absolute Gasteiger partial charge is 0.438 e. The summed E-state index contributed by atoms with van der Waals surface area (Å²) in [5.74, 6) is 0.689. The number of furan rings is 1. The van der Waals surface area contributed by atoms with Gasteiger partial charge in [-0.1, -0.05) is 72.8 Å². The molecule has 124 valence electrons. The summed E-state index contributed by atoms with van der Waals surface area (Å²) in [4.78, 5) is 9.39. The molecule has 0 aliphatic carbocycles. The Morgan fingerprint density at radius 2 is 1.31 bits per heavy atom. The van der Waals surface area contributed by atoms with E-state index in [1.165, 1.54) is 11.1 Å². The van der Waals surface area contributed by atoms with E-state index >= 15 is 0 Å². The summed E-state index contributed by atoms with van der Waals surface area (Å²) in [7, 11) is 0. The fourth-order valence-corrected chi connectivity index (χ4v) is 3.37. The van der Waals surface area contributed by atoms with Gasteiger partial charge in [-0.05, 0) is 24.1 Å². The molecule has 2 heterocycles. The number of para-hydroxylation sites is 1. The maximum Gasteiger partial charge on any atom is 0.231 e. The van der Waals surface area contributed by atoms with Crippen LogP contribution in [0.2, 0.25) is 0 Å². The van der Waals surface area contributed by atoms with Crippen LogP contribution in [-0.2, 0) is 0 Å². The second kappa shape index (κ2) is 5.81. The predicted molar refractivity (Wildman–Crippen MR) is 105 cm³/mol. The van der Waals surface area contributed by atoms with Crippen LogP contribution in [0.4, 0.5) is 0 Å². The summed E-state index contributed by atoms with van der Waals surface area (Å²) in [6, 6.07) is 26.6. The van der Waals surface area contributed by atoms with E-state index in [9.17, 15) is 0 Å². The molecule has 0 N–H and O–H groups in total. The first-order valence-corrected chi connectivity index (χ1v) is 8.61. The zero-order valence-electron chi connectivity index (χ0n) is 14.3. The topological polar surface area (TPSA) is 38.9 Å². The second-order valence-electron chi connectivity index (χ2n) is 6.35. The van der Waals surface area contributed by atoms with Gasteiger partial charge in [-0.25, -0.2) is 4.98 Å². The second-order valence-corrected chi connectivity index (χ2v) is 6.35. The summed E-state index contributed by atoms with van der Waals surface area (Å²) >= 11 is 0. The van der Waals surface area contributed by atoms with Crippen LogP contribution in [0.1, 0.15) is 5.69 Å². The average Bonchev–Trinajstić information content (AvgIpc) is 3.08. The van der Waals surface area contributed by atoms with Crippen molar-refractivity contribution in [1.82, 2.24) is 9.97 Å².